The van der Waals surface area contributed by atoms with E-state index in [1.807, 2.05) is 0 Å². The zero-order valence-corrected chi connectivity index (χ0v) is 12.5. The number of halogens is 3. The normalized spacial score (nSPS) is 11.5. The van der Waals surface area contributed by atoms with Crippen LogP contribution in [-0.2, 0) is 19.8 Å². The van der Waals surface area contributed by atoms with Gasteiger partial charge in [-0.3, -0.25) is 14.8 Å². The van der Waals surface area contributed by atoms with Crippen LogP contribution in [0.1, 0.15) is 18.1 Å². The first kappa shape index (κ1) is 16.8. The highest BCUT2D eigenvalue weighted by molar-refractivity contribution is 5.64. The summed E-state index contributed by atoms with van der Waals surface area (Å²) < 4.78 is 39.8. The summed E-state index contributed by atoms with van der Waals surface area (Å²) in [7, 11) is 1.74. The molecule has 23 heavy (non-hydrogen) atoms. The number of anilines is 1. The SMILES string of the molecule is CCN(Cc1cnn(C)c1)c1ccc(C(F)(F)F)cc1[N+](=O)[O-]. The van der Waals surface area contributed by atoms with Crippen LogP contribution in [-0.4, -0.2) is 21.2 Å². The summed E-state index contributed by atoms with van der Waals surface area (Å²) in [6.45, 7) is 2.50. The van der Waals surface area contributed by atoms with Crippen molar-refractivity contribution in [3.05, 3.63) is 51.8 Å². The van der Waals surface area contributed by atoms with Gasteiger partial charge < -0.3 is 4.90 Å². The van der Waals surface area contributed by atoms with Crippen molar-refractivity contribution < 1.29 is 18.1 Å². The second kappa shape index (κ2) is 6.27. The van der Waals surface area contributed by atoms with Crippen molar-refractivity contribution >= 4 is 11.4 Å². The molecule has 0 N–H and O–H groups in total. The van der Waals surface area contributed by atoms with E-state index in [4.69, 9.17) is 0 Å². The fourth-order valence-corrected chi connectivity index (χ4v) is 2.25. The third-order valence-electron chi connectivity index (χ3n) is 3.35. The maximum atomic E-state index is 12.7. The fourth-order valence-electron chi connectivity index (χ4n) is 2.25. The molecule has 0 aliphatic rings. The number of alkyl halides is 3. The Morgan fingerprint density at radius 2 is 2.09 bits per heavy atom. The van der Waals surface area contributed by atoms with Gasteiger partial charge in [0.25, 0.3) is 5.69 Å². The van der Waals surface area contributed by atoms with Gasteiger partial charge in [0.15, 0.2) is 0 Å². The summed E-state index contributed by atoms with van der Waals surface area (Å²) >= 11 is 0. The molecule has 2 aromatic rings. The van der Waals surface area contributed by atoms with E-state index < -0.39 is 22.4 Å². The highest BCUT2D eigenvalue weighted by atomic mass is 19.4. The van der Waals surface area contributed by atoms with Crippen LogP contribution in [0.25, 0.3) is 0 Å². The number of hydrogen-bond donors (Lipinski definition) is 0. The highest BCUT2D eigenvalue weighted by Crippen LogP contribution is 2.36. The Morgan fingerprint density at radius 3 is 2.57 bits per heavy atom. The van der Waals surface area contributed by atoms with E-state index in [2.05, 4.69) is 5.10 Å². The number of hydrogen-bond acceptors (Lipinski definition) is 4. The molecular weight excluding hydrogens is 313 g/mol. The minimum Gasteiger partial charge on any atom is -0.362 e. The predicted molar refractivity (Wildman–Crippen MR) is 78.0 cm³/mol. The molecule has 0 aliphatic heterocycles. The second-order valence-electron chi connectivity index (χ2n) is 4.99. The molecule has 0 unspecified atom stereocenters. The third kappa shape index (κ3) is 3.79. The lowest BCUT2D eigenvalue weighted by atomic mass is 10.1. The van der Waals surface area contributed by atoms with E-state index in [0.29, 0.717) is 19.2 Å². The largest absolute Gasteiger partial charge is 0.416 e. The Kier molecular flexibility index (Phi) is 4.57. The molecule has 0 saturated heterocycles. The van der Waals surface area contributed by atoms with Gasteiger partial charge in [0.1, 0.15) is 5.69 Å². The van der Waals surface area contributed by atoms with E-state index in [9.17, 15) is 23.3 Å². The Balaban J connectivity index is 2.41. The number of rotatable bonds is 5. The van der Waals surface area contributed by atoms with Crippen molar-refractivity contribution in [2.24, 2.45) is 7.05 Å². The monoisotopic (exact) mass is 328 g/mol. The molecule has 0 fully saturated rings. The van der Waals surface area contributed by atoms with E-state index in [0.717, 1.165) is 17.7 Å². The quantitative estimate of drug-likeness (QED) is 0.623. The minimum absolute atomic E-state index is 0.148. The van der Waals surface area contributed by atoms with Gasteiger partial charge in [0.2, 0.25) is 0 Å². The molecule has 0 aliphatic carbocycles. The molecule has 1 heterocycles. The van der Waals surface area contributed by atoms with Crippen LogP contribution in [0, 0.1) is 10.1 Å². The summed E-state index contributed by atoms with van der Waals surface area (Å²) in [6.07, 6.45) is -1.26. The average molecular weight is 328 g/mol. The lowest BCUT2D eigenvalue weighted by molar-refractivity contribution is -0.384. The maximum absolute atomic E-state index is 12.7. The smallest absolute Gasteiger partial charge is 0.362 e. The van der Waals surface area contributed by atoms with Gasteiger partial charge in [0, 0.05) is 38.0 Å². The zero-order chi connectivity index (χ0) is 17.2. The van der Waals surface area contributed by atoms with Crippen molar-refractivity contribution in [1.29, 1.82) is 0 Å². The van der Waals surface area contributed by atoms with E-state index >= 15 is 0 Å². The van der Waals surface area contributed by atoms with Crippen molar-refractivity contribution in [3.8, 4) is 0 Å². The van der Waals surface area contributed by atoms with E-state index in [1.165, 1.54) is 0 Å². The molecule has 0 bridgehead atoms. The molecule has 124 valence electrons. The number of nitro benzene ring substituents is 1. The van der Waals surface area contributed by atoms with Crippen LogP contribution < -0.4 is 4.90 Å². The lowest BCUT2D eigenvalue weighted by Gasteiger charge is -2.22. The van der Waals surface area contributed by atoms with Gasteiger partial charge in [-0.15, -0.1) is 0 Å². The van der Waals surface area contributed by atoms with Crippen LogP contribution in [0.2, 0.25) is 0 Å². The minimum atomic E-state index is -4.62. The Labute approximate surface area is 130 Å². The first-order valence-electron chi connectivity index (χ1n) is 6.80. The summed E-state index contributed by atoms with van der Waals surface area (Å²) in [5, 5.41) is 15.2. The number of aryl methyl sites for hydroxylation is 1. The molecule has 0 saturated carbocycles. The molecule has 0 spiro atoms. The molecule has 2 rings (SSSR count). The van der Waals surface area contributed by atoms with Gasteiger partial charge in [-0.05, 0) is 19.1 Å². The van der Waals surface area contributed by atoms with E-state index in [-0.39, 0.29) is 5.69 Å². The average Bonchev–Trinajstić information content (AvgIpc) is 2.88. The van der Waals surface area contributed by atoms with Gasteiger partial charge >= 0.3 is 6.18 Å². The second-order valence-corrected chi connectivity index (χ2v) is 4.99. The molecule has 6 nitrogen and oxygen atoms in total. The predicted octanol–water partition coefficient (Wildman–Crippen LogP) is 3.37. The standard InChI is InChI=1S/C14H15F3N4O2/c1-3-20(9-10-7-18-19(2)8-10)12-5-4-11(14(15,16)17)6-13(12)21(22)23/h4-8H,3,9H2,1-2H3. The van der Waals surface area contributed by atoms with Crippen molar-refractivity contribution in [2.45, 2.75) is 19.6 Å². The summed E-state index contributed by atoms with van der Waals surface area (Å²) in [6, 6.07) is 2.57. The van der Waals surface area contributed by atoms with Crippen LogP contribution in [0.15, 0.2) is 30.6 Å². The molecule has 0 atom stereocenters. The first-order valence-corrected chi connectivity index (χ1v) is 6.80. The number of nitro groups is 1. The van der Waals surface area contributed by atoms with Gasteiger partial charge in [0.05, 0.1) is 16.7 Å². The molecule has 1 aromatic carbocycles. The summed E-state index contributed by atoms with van der Waals surface area (Å²) in [4.78, 5) is 12.0. The zero-order valence-electron chi connectivity index (χ0n) is 12.5. The van der Waals surface area contributed by atoms with Gasteiger partial charge in [-0.2, -0.15) is 18.3 Å². The lowest BCUT2D eigenvalue weighted by Crippen LogP contribution is -2.23. The Morgan fingerprint density at radius 1 is 1.39 bits per heavy atom. The van der Waals surface area contributed by atoms with Gasteiger partial charge in [-0.25, -0.2) is 0 Å². The number of aromatic nitrogens is 2. The van der Waals surface area contributed by atoms with Crippen molar-refractivity contribution in [3.63, 3.8) is 0 Å². The van der Waals surface area contributed by atoms with Crippen LogP contribution in [0.4, 0.5) is 24.5 Å². The van der Waals surface area contributed by atoms with E-state index in [1.54, 1.807) is 35.9 Å². The molecule has 0 amide bonds. The summed E-state index contributed by atoms with van der Waals surface area (Å²) in [5.74, 6) is 0. The van der Waals surface area contributed by atoms with Crippen LogP contribution in [0.3, 0.4) is 0 Å². The molecular formula is C14H15F3N4O2. The fraction of sp³-hybridized carbons (Fsp3) is 0.357. The van der Waals surface area contributed by atoms with Gasteiger partial charge in [-0.1, -0.05) is 0 Å². The first-order chi connectivity index (χ1) is 10.7. The van der Waals surface area contributed by atoms with Crippen molar-refractivity contribution in [1.82, 2.24) is 9.78 Å². The maximum Gasteiger partial charge on any atom is 0.416 e. The van der Waals surface area contributed by atoms with Crippen LogP contribution >= 0.6 is 0 Å². The van der Waals surface area contributed by atoms with Crippen LogP contribution in [0.5, 0.6) is 0 Å². The number of nitrogens with zero attached hydrogens (tertiary/aromatic N) is 4. The molecule has 1 aromatic heterocycles. The number of benzene rings is 1. The molecule has 9 heteroatoms. The highest BCUT2D eigenvalue weighted by Gasteiger charge is 2.33. The summed E-state index contributed by atoms with van der Waals surface area (Å²) in [5.41, 5.74) is -0.645. The third-order valence-corrected chi connectivity index (χ3v) is 3.35. The van der Waals surface area contributed by atoms with Crippen molar-refractivity contribution in [2.75, 3.05) is 11.4 Å². The Bertz CT molecular complexity index is 712. The topological polar surface area (TPSA) is 64.2 Å². The molecule has 0 radical (unpaired) electrons. The Hall–Kier alpha value is -2.58.